The third-order valence-corrected chi connectivity index (χ3v) is 7.73. The molecule has 1 N–H and O–H groups in total. The number of hydrogen-bond acceptors (Lipinski definition) is 5. The molecular formula is C33H38N4O2. The van der Waals surface area contributed by atoms with Crippen molar-refractivity contribution in [2.24, 2.45) is 11.8 Å². The van der Waals surface area contributed by atoms with E-state index in [2.05, 4.69) is 83.6 Å². The molecule has 0 spiro atoms. The predicted octanol–water partition coefficient (Wildman–Crippen LogP) is 5.27. The molecule has 0 radical (unpaired) electrons. The van der Waals surface area contributed by atoms with Crippen LogP contribution >= 0.6 is 0 Å². The van der Waals surface area contributed by atoms with Crippen molar-refractivity contribution >= 4 is 17.3 Å². The molecule has 39 heavy (non-hydrogen) atoms. The fourth-order valence-electron chi connectivity index (χ4n) is 5.60. The number of amides is 1. The number of nitrogens with zero attached hydrogens (tertiary/aromatic N) is 4. The fourth-order valence-corrected chi connectivity index (χ4v) is 5.60. The first kappa shape index (κ1) is 26.9. The molecule has 1 fully saturated rings. The highest BCUT2D eigenvalue weighted by atomic mass is 16.3. The predicted molar refractivity (Wildman–Crippen MR) is 158 cm³/mol. The first-order valence-corrected chi connectivity index (χ1v) is 13.9. The summed E-state index contributed by atoms with van der Waals surface area (Å²) < 4.78 is 0. The van der Waals surface area contributed by atoms with Crippen molar-refractivity contribution < 1.29 is 9.90 Å². The van der Waals surface area contributed by atoms with Gasteiger partial charge in [0.05, 0.1) is 13.3 Å². The van der Waals surface area contributed by atoms with Crippen LogP contribution in [-0.2, 0) is 11.3 Å². The highest BCUT2D eigenvalue weighted by Gasteiger charge is 2.29. The van der Waals surface area contributed by atoms with Gasteiger partial charge in [-0.15, -0.1) is 0 Å². The van der Waals surface area contributed by atoms with Crippen LogP contribution < -0.4 is 9.80 Å². The molecule has 1 aromatic heterocycles. The topological polar surface area (TPSA) is 59.9 Å². The minimum Gasteiger partial charge on any atom is -0.381 e. The van der Waals surface area contributed by atoms with Gasteiger partial charge in [0.1, 0.15) is 0 Å². The van der Waals surface area contributed by atoms with Crippen LogP contribution in [0, 0.1) is 11.8 Å². The quantitative estimate of drug-likeness (QED) is 0.593. The van der Waals surface area contributed by atoms with E-state index < -0.39 is 0 Å². The molecule has 1 unspecified atom stereocenters. The molecule has 0 saturated carbocycles. The maximum absolute atomic E-state index is 12.9. The highest BCUT2D eigenvalue weighted by molar-refractivity contribution is 5.96. The Kier molecular flexibility index (Phi) is 8.86. The average Bonchev–Trinajstić information content (AvgIpc) is 3.36. The van der Waals surface area contributed by atoms with Gasteiger partial charge in [0.25, 0.3) is 0 Å². The third-order valence-electron chi connectivity index (χ3n) is 7.73. The van der Waals surface area contributed by atoms with Crippen molar-refractivity contribution in [3.63, 3.8) is 0 Å². The largest absolute Gasteiger partial charge is 0.381 e. The zero-order chi connectivity index (χ0) is 27.0. The maximum atomic E-state index is 12.9. The van der Waals surface area contributed by atoms with Gasteiger partial charge in [-0.3, -0.25) is 14.7 Å². The number of aliphatic hydroxyl groups excluding tert-OH is 1. The van der Waals surface area contributed by atoms with Gasteiger partial charge in [0.15, 0.2) is 0 Å². The van der Waals surface area contributed by atoms with Gasteiger partial charge in [-0.1, -0.05) is 72.4 Å². The lowest BCUT2D eigenvalue weighted by atomic mass is 9.95. The summed E-state index contributed by atoms with van der Waals surface area (Å²) in [5, 5.41) is 9.55. The Morgan fingerprint density at radius 3 is 2.54 bits per heavy atom. The lowest BCUT2D eigenvalue weighted by Gasteiger charge is -2.36. The van der Waals surface area contributed by atoms with Crippen LogP contribution in [0.1, 0.15) is 25.3 Å². The molecule has 2 aliphatic carbocycles. The van der Waals surface area contributed by atoms with E-state index >= 15 is 0 Å². The van der Waals surface area contributed by atoms with Crippen LogP contribution in [0.5, 0.6) is 0 Å². The van der Waals surface area contributed by atoms with Crippen molar-refractivity contribution in [3.05, 3.63) is 114 Å². The van der Waals surface area contributed by atoms with E-state index in [1.165, 1.54) is 16.8 Å². The summed E-state index contributed by atoms with van der Waals surface area (Å²) in [4.78, 5) is 23.1. The third kappa shape index (κ3) is 7.02. The van der Waals surface area contributed by atoms with Crippen molar-refractivity contribution in [1.29, 1.82) is 0 Å². The Morgan fingerprint density at radius 1 is 0.949 bits per heavy atom. The van der Waals surface area contributed by atoms with Crippen molar-refractivity contribution in [3.8, 4) is 0 Å². The monoisotopic (exact) mass is 522 g/mol. The first-order valence-electron chi connectivity index (χ1n) is 13.9. The molecule has 1 saturated heterocycles. The second-order valence-electron chi connectivity index (χ2n) is 10.6. The van der Waals surface area contributed by atoms with E-state index in [0.29, 0.717) is 18.4 Å². The summed E-state index contributed by atoms with van der Waals surface area (Å²) in [7, 11) is 0. The molecule has 6 heteroatoms. The fraction of sp³-hybridized carbons (Fsp3) is 0.333. The highest BCUT2D eigenvalue weighted by Crippen LogP contribution is 2.29. The number of fused-ring (bicyclic) bond motifs is 2. The van der Waals surface area contributed by atoms with Crippen LogP contribution in [0.4, 0.5) is 11.4 Å². The Bertz CT molecular complexity index is 1290. The van der Waals surface area contributed by atoms with E-state index in [9.17, 15) is 9.90 Å². The molecule has 6 rings (SSSR count). The van der Waals surface area contributed by atoms with Crippen molar-refractivity contribution in [2.45, 2.75) is 26.3 Å². The van der Waals surface area contributed by atoms with E-state index in [1.807, 2.05) is 35.5 Å². The zero-order valence-electron chi connectivity index (χ0n) is 22.7. The van der Waals surface area contributed by atoms with Crippen LogP contribution in [0.2, 0.25) is 0 Å². The number of para-hydroxylation sites is 1. The molecule has 2 aliphatic heterocycles. The van der Waals surface area contributed by atoms with Gasteiger partial charge in [0, 0.05) is 55.9 Å². The summed E-state index contributed by atoms with van der Waals surface area (Å²) in [6.45, 7) is 5.66. The van der Waals surface area contributed by atoms with Gasteiger partial charge in [-0.25, -0.2) is 0 Å². The van der Waals surface area contributed by atoms with Crippen molar-refractivity contribution in [2.75, 3.05) is 42.7 Å². The number of aliphatic hydroxyl groups is 1. The number of piperidine rings is 1. The average molecular weight is 523 g/mol. The first-order chi connectivity index (χ1) is 19.1. The van der Waals surface area contributed by atoms with E-state index in [4.69, 9.17) is 0 Å². The number of pyridine rings is 1. The van der Waals surface area contributed by atoms with E-state index in [0.717, 1.165) is 43.7 Å². The van der Waals surface area contributed by atoms with E-state index in [-0.39, 0.29) is 19.2 Å². The van der Waals surface area contributed by atoms with Gasteiger partial charge in [-0.05, 0) is 55.0 Å². The molecule has 1 amide bonds. The summed E-state index contributed by atoms with van der Waals surface area (Å²) in [5.74, 6) is 1.04. The second kappa shape index (κ2) is 12.9. The lowest BCUT2D eigenvalue weighted by Crippen LogP contribution is -2.43. The minimum absolute atomic E-state index is 0.0746. The number of carbonyl (C=O) groups is 1. The van der Waals surface area contributed by atoms with Crippen LogP contribution in [-0.4, -0.2) is 53.8 Å². The number of hydrogen-bond donors (Lipinski definition) is 1. The number of carbonyl (C=O) groups excluding carboxylic acids is 1. The molecule has 3 heterocycles. The lowest BCUT2D eigenvalue weighted by molar-refractivity contribution is -0.120. The molecular weight excluding hydrogens is 484 g/mol. The Hall–Kier alpha value is -3.74. The van der Waals surface area contributed by atoms with Gasteiger partial charge in [0.2, 0.25) is 5.91 Å². The number of allylic oxidation sites excluding steroid dienone is 10. The molecule has 202 valence electrons. The van der Waals surface area contributed by atoms with Gasteiger partial charge < -0.3 is 14.9 Å². The van der Waals surface area contributed by atoms with Crippen LogP contribution in [0.25, 0.3) is 0 Å². The summed E-state index contributed by atoms with van der Waals surface area (Å²) in [6, 6.07) is 12.2. The number of rotatable bonds is 4. The maximum Gasteiger partial charge on any atom is 0.241 e. The van der Waals surface area contributed by atoms with Crippen LogP contribution in [0.15, 0.2) is 109 Å². The van der Waals surface area contributed by atoms with Gasteiger partial charge >= 0.3 is 0 Å². The SMILES string of the molecule is CC1=CC2C=CC=CC(=C2)C=C1.O=C1CN(CO)Cc2ccccc2N1CC1CCN(c2ccncc2)CC1. The van der Waals surface area contributed by atoms with Crippen molar-refractivity contribution in [1.82, 2.24) is 9.88 Å². The molecule has 4 aliphatic rings. The Balaban J connectivity index is 0.000000214. The summed E-state index contributed by atoms with van der Waals surface area (Å²) in [5.41, 5.74) is 5.96. The van der Waals surface area contributed by atoms with E-state index in [1.54, 1.807) is 4.90 Å². The molecule has 2 aromatic rings. The standard InChI is InChI=1S/C21H26N4O2.C12H12/c26-16-23-14-18-3-1-2-4-20(18)25(21(27)15-23)13-17-7-11-24(12-8-17)19-5-9-22-10-6-19;1-10-6-7-11-4-2-3-5-12(8-10)9-11/h1-6,9-10,17,26H,7-8,11-16H2;2-9,12H,1H3. The molecule has 6 nitrogen and oxygen atoms in total. The number of anilines is 2. The Labute approximate surface area is 232 Å². The molecule has 1 aromatic carbocycles. The van der Waals surface area contributed by atoms with Crippen LogP contribution in [0.3, 0.4) is 0 Å². The number of benzene rings is 1. The Morgan fingerprint density at radius 2 is 1.74 bits per heavy atom. The summed E-state index contributed by atoms with van der Waals surface area (Å²) >= 11 is 0. The summed E-state index contributed by atoms with van der Waals surface area (Å²) in [6.07, 6.45) is 23.2. The molecule has 2 bridgehead atoms. The van der Waals surface area contributed by atoms with Gasteiger partial charge in [-0.2, -0.15) is 0 Å². The zero-order valence-corrected chi connectivity index (χ0v) is 22.7. The second-order valence-corrected chi connectivity index (χ2v) is 10.6. The normalized spacial score (nSPS) is 21.2. The number of aromatic nitrogens is 1. The molecule has 1 atom stereocenters. The minimum atomic E-state index is -0.0990. The smallest absolute Gasteiger partial charge is 0.241 e.